The highest BCUT2D eigenvalue weighted by atomic mass is 32.2. The number of phenolic OH excluding ortho intramolecular Hbond substituents is 1. The Balaban J connectivity index is 1.53. The van der Waals surface area contributed by atoms with Gasteiger partial charge in [0.05, 0.1) is 5.75 Å². The van der Waals surface area contributed by atoms with Crippen molar-refractivity contribution in [3.8, 4) is 5.75 Å². The van der Waals surface area contributed by atoms with Gasteiger partial charge < -0.3 is 10.4 Å². The van der Waals surface area contributed by atoms with Crippen molar-refractivity contribution in [2.75, 3.05) is 25.4 Å². The third-order valence-corrected chi connectivity index (χ3v) is 6.62. The minimum Gasteiger partial charge on any atom is -0.508 e. The minimum atomic E-state index is -3.15. The van der Waals surface area contributed by atoms with Crippen LogP contribution in [-0.2, 0) is 21.2 Å². The molecule has 26 heavy (non-hydrogen) atoms. The maximum Gasteiger partial charge on any atom is 0.219 e. The van der Waals surface area contributed by atoms with Gasteiger partial charge in [0.25, 0.3) is 0 Å². The van der Waals surface area contributed by atoms with E-state index in [0.29, 0.717) is 38.9 Å². The van der Waals surface area contributed by atoms with E-state index in [0.717, 1.165) is 37.7 Å². The standard InChI is InChI=1S/C19H30N2O4S/c22-18-11-9-17(10-12-18)7-6-13-20-19(23)8-2-5-16-26(24,25)21-14-3-1-4-15-21/h9-12,22H,1-8,13-16H2,(H,20,23). The Morgan fingerprint density at radius 1 is 1.04 bits per heavy atom. The highest BCUT2D eigenvalue weighted by Crippen LogP contribution is 2.15. The van der Waals surface area contributed by atoms with Crippen LogP contribution in [0.25, 0.3) is 0 Å². The van der Waals surface area contributed by atoms with Gasteiger partial charge in [0.1, 0.15) is 5.75 Å². The van der Waals surface area contributed by atoms with Crippen LogP contribution in [0.1, 0.15) is 50.5 Å². The quantitative estimate of drug-likeness (QED) is 0.609. The molecule has 0 aromatic heterocycles. The van der Waals surface area contributed by atoms with Crippen molar-refractivity contribution in [3.63, 3.8) is 0 Å². The van der Waals surface area contributed by atoms with E-state index in [2.05, 4.69) is 5.32 Å². The van der Waals surface area contributed by atoms with Crippen LogP contribution in [0.2, 0.25) is 0 Å². The van der Waals surface area contributed by atoms with E-state index >= 15 is 0 Å². The summed E-state index contributed by atoms with van der Waals surface area (Å²) in [5.74, 6) is 0.372. The van der Waals surface area contributed by atoms with Crippen LogP contribution in [0, 0.1) is 0 Å². The molecule has 1 aliphatic heterocycles. The lowest BCUT2D eigenvalue weighted by Gasteiger charge is -2.25. The zero-order valence-corrected chi connectivity index (χ0v) is 16.1. The second-order valence-corrected chi connectivity index (χ2v) is 8.94. The molecule has 1 aromatic carbocycles. The second-order valence-electron chi connectivity index (χ2n) is 6.85. The largest absolute Gasteiger partial charge is 0.508 e. The minimum absolute atomic E-state index is 0.0222. The lowest BCUT2D eigenvalue weighted by atomic mass is 10.1. The predicted octanol–water partition coefficient (Wildman–Crippen LogP) is 2.43. The van der Waals surface area contributed by atoms with Crippen LogP contribution >= 0.6 is 0 Å². The molecule has 1 aromatic rings. The molecule has 2 rings (SSSR count). The monoisotopic (exact) mass is 382 g/mol. The Kier molecular flexibility index (Phi) is 8.38. The van der Waals surface area contributed by atoms with Gasteiger partial charge in [-0.05, 0) is 56.2 Å². The van der Waals surface area contributed by atoms with E-state index in [1.165, 1.54) is 0 Å². The molecular weight excluding hydrogens is 352 g/mol. The first-order valence-corrected chi connectivity index (χ1v) is 11.1. The van der Waals surface area contributed by atoms with Gasteiger partial charge in [-0.2, -0.15) is 0 Å². The van der Waals surface area contributed by atoms with Crippen LogP contribution in [0.5, 0.6) is 5.75 Å². The fourth-order valence-electron chi connectivity index (χ4n) is 3.11. The predicted molar refractivity (Wildman–Crippen MR) is 102 cm³/mol. The first-order chi connectivity index (χ1) is 12.5. The average Bonchev–Trinajstić information content (AvgIpc) is 2.64. The molecule has 0 unspecified atom stereocenters. The molecule has 1 fully saturated rings. The van der Waals surface area contributed by atoms with E-state index in [1.807, 2.05) is 12.1 Å². The third-order valence-electron chi connectivity index (χ3n) is 4.67. The van der Waals surface area contributed by atoms with Gasteiger partial charge in [0.2, 0.25) is 15.9 Å². The van der Waals surface area contributed by atoms with E-state index in [-0.39, 0.29) is 17.4 Å². The van der Waals surface area contributed by atoms with Crippen molar-refractivity contribution in [1.29, 1.82) is 0 Å². The van der Waals surface area contributed by atoms with Crippen LogP contribution in [0.15, 0.2) is 24.3 Å². The first-order valence-electron chi connectivity index (χ1n) is 9.50. The SMILES string of the molecule is O=C(CCCCS(=O)(=O)N1CCCCC1)NCCCc1ccc(O)cc1. The number of hydrogen-bond acceptors (Lipinski definition) is 4. The highest BCUT2D eigenvalue weighted by Gasteiger charge is 2.23. The summed E-state index contributed by atoms with van der Waals surface area (Å²) in [5, 5.41) is 12.1. The molecule has 2 N–H and O–H groups in total. The van der Waals surface area contributed by atoms with Crippen molar-refractivity contribution >= 4 is 15.9 Å². The zero-order chi connectivity index (χ0) is 18.8. The molecule has 1 amide bonds. The number of hydrogen-bond donors (Lipinski definition) is 2. The van der Waals surface area contributed by atoms with Crippen LogP contribution in [0.4, 0.5) is 0 Å². The molecular formula is C19H30N2O4S. The number of phenols is 1. The molecule has 146 valence electrons. The Hall–Kier alpha value is -1.60. The summed E-state index contributed by atoms with van der Waals surface area (Å²) in [6, 6.07) is 7.07. The fraction of sp³-hybridized carbons (Fsp3) is 0.632. The molecule has 7 heteroatoms. The van der Waals surface area contributed by atoms with Gasteiger partial charge in [-0.1, -0.05) is 18.6 Å². The Bertz CT molecular complexity index is 653. The summed E-state index contributed by atoms with van der Waals surface area (Å²) in [6.45, 7) is 1.89. The smallest absolute Gasteiger partial charge is 0.219 e. The fourth-order valence-corrected chi connectivity index (χ4v) is 4.76. The summed E-state index contributed by atoms with van der Waals surface area (Å²) in [6.07, 6.45) is 6.18. The molecule has 1 heterocycles. The number of aromatic hydroxyl groups is 1. The van der Waals surface area contributed by atoms with Crippen molar-refractivity contribution in [3.05, 3.63) is 29.8 Å². The molecule has 0 atom stereocenters. The molecule has 0 bridgehead atoms. The van der Waals surface area contributed by atoms with E-state index in [4.69, 9.17) is 0 Å². The van der Waals surface area contributed by atoms with Gasteiger partial charge in [0.15, 0.2) is 0 Å². The Labute approximate surface area is 156 Å². The lowest BCUT2D eigenvalue weighted by molar-refractivity contribution is -0.121. The topological polar surface area (TPSA) is 86.7 Å². The van der Waals surface area contributed by atoms with E-state index in [1.54, 1.807) is 16.4 Å². The maximum absolute atomic E-state index is 12.2. The number of amides is 1. The van der Waals surface area contributed by atoms with Gasteiger partial charge in [-0.15, -0.1) is 0 Å². The van der Waals surface area contributed by atoms with Gasteiger partial charge >= 0.3 is 0 Å². The summed E-state index contributed by atoms with van der Waals surface area (Å²) in [4.78, 5) is 11.8. The van der Waals surface area contributed by atoms with Gasteiger partial charge in [-0.3, -0.25) is 4.79 Å². The number of nitrogens with zero attached hydrogens (tertiary/aromatic N) is 1. The lowest BCUT2D eigenvalue weighted by Crippen LogP contribution is -2.37. The number of carbonyl (C=O) groups excluding carboxylic acids is 1. The van der Waals surface area contributed by atoms with Crippen molar-refractivity contribution in [1.82, 2.24) is 9.62 Å². The number of aryl methyl sites for hydroxylation is 1. The maximum atomic E-state index is 12.2. The number of piperidine rings is 1. The summed E-state index contributed by atoms with van der Waals surface area (Å²) in [5.41, 5.74) is 1.12. The number of nitrogens with one attached hydrogen (secondary N) is 1. The molecule has 0 radical (unpaired) electrons. The number of unbranched alkanes of at least 4 members (excludes halogenated alkanes) is 1. The Morgan fingerprint density at radius 2 is 1.73 bits per heavy atom. The van der Waals surface area contributed by atoms with Gasteiger partial charge in [-0.25, -0.2) is 12.7 Å². The van der Waals surface area contributed by atoms with Crippen LogP contribution in [0.3, 0.4) is 0 Å². The molecule has 1 aliphatic rings. The third kappa shape index (κ3) is 7.33. The van der Waals surface area contributed by atoms with E-state index < -0.39 is 10.0 Å². The molecule has 1 saturated heterocycles. The number of rotatable bonds is 10. The van der Waals surface area contributed by atoms with Crippen molar-refractivity contribution in [2.45, 2.75) is 51.4 Å². The van der Waals surface area contributed by atoms with E-state index in [9.17, 15) is 18.3 Å². The average molecular weight is 383 g/mol. The second kappa shape index (κ2) is 10.5. The summed E-state index contributed by atoms with van der Waals surface area (Å²) < 4.78 is 26.0. The van der Waals surface area contributed by atoms with Gasteiger partial charge in [0, 0.05) is 26.1 Å². The molecule has 0 aliphatic carbocycles. The summed E-state index contributed by atoms with van der Waals surface area (Å²) >= 11 is 0. The van der Waals surface area contributed by atoms with Crippen molar-refractivity contribution < 1.29 is 18.3 Å². The number of carbonyl (C=O) groups is 1. The first kappa shape index (κ1) is 20.7. The molecule has 0 spiro atoms. The number of sulfonamides is 1. The molecule has 0 saturated carbocycles. The summed E-state index contributed by atoms with van der Waals surface area (Å²) in [7, 11) is -3.15. The van der Waals surface area contributed by atoms with Crippen molar-refractivity contribution in [2.24, 2.45) is 0 Å². The molecule has 6 nitrogen and oxygen atoms in total. The highest BCUT2D eigenvalue weighted by molar-refractivity contribution is 7.89. The zero-order valence-electron chi connectivity index (χ0n) is 15.3. The van der Waals surface area contributed by atoms with Crippen LogP contribution in [-0.4, -0.2) is 49.1 Å². The number of benzene rings is 1. The Morgan fingerprint density at radius 3 is 2.42 bits per heavy atom. The normalized spacial score (nSPS) is 15.7. The van der Waals surface area contributed by atoms with Crippen LogP contribution < -0.4 is 5.32 Å².